The minimum Gasteiger partial charge on any atom is -0.490 e. The second kappa shape index (κ2) is 8.89. The highest BCUT2D eigenvalue weighted by Gasteiger charge is 2.12. The fourth-order valence-electron chi connectivity index (χ4n) is 2.47. The van der Waals surface area contributed by atoms with Crippen LogP contribution in [0.25, 0.3) is 0 Å². The lowest BCUT2D eigenvalue weighted by Gasteiger charge is -2.13. The average molecular weight is 356 g/mol. The molecule has 6 heteroatoms. The summed E-state index contributed by atoms with van der Waals surface area (Å²) in [6.07, 6.45) is 0. The highest BCUT2D eigenvalue weighted by atomic mass is 16.5. The highest BCUT2D eigenvalue weighted by molar-refractivity contribution is 6.05. The number of carbonyl (C=O) groups is 2. The van der Waals surface area contributed by atoms with Crippen molar-refractivity contribution in [2.24, 2.45) is 0 Å². The first-order valence-corrected chi connectivity index (χ1v) is 8.53. The molecule has 138 valence electrons. The van der Waals surface area contributed by atoms with Gasteiger partial charge in [-0.3, -0.25) is 9.59 Å². The summed E-state index contributed by atoms with van der Waals surface area (Å²) in [6.45, 7) is 8.09. The van der Waals surface area contributed by atoms with Crippen LogP contribution < -0.4 is 20.1 Å². The molecule has 0 atom stereocenters. The first-order valence-electron chi connectivity index (χ1n) is 8.53. The van der Waals surface area contributed by atoms with Crippen molar-refractivity contribution in [3.8, 4) is 11.5 Å². The first-order chi connectivity index (χ1) is 12.4. The van der Waals surface area contributed by atoms with E-state index in [9.17, 15) is 9.59 Å². The highest BCUT2D eigenvalue weighted by Crippen LogP contribution is 2.29. The van der Waals surface area contributed by atoms with Crippen molar-refractivity contribution < 1.29 is 19.1 Å². The van der Waals surface area contributed by atoms with Gasteiger partial charge in [-0.15, -0.1) is 0 Å². The van der Waals surface area contributed by atoms with Crippen LogP contribution in [0.5, 0.6) is 11.5 Å². The largest absolute Gasteiger partial charge is 0.490 e. The molecular weight excluding hydrogens is 332 g/mol. The second-order valence-corrected chi connectivity index (χ2v) is 5.69. The molecule has 0 saturated carbocycles. The van der Waals surface area contributed by atoms with E-state index in [0.29, 0.717) is 36.0 Å². The molecule has 0 aliphatic heterocycles. The van der Waals surface area contributed by atoms with Crippen LogP contribution in [0.2, 0.25) is 0 Å². The van der Waals surface area contributed by atoms with Crippen LogP contribution in [0.1, 0.15) is 36.7 Å². The SMILES string of the molecule is CCOc1ccc(C(=O)Nc2ccc(NC(C)=O)c(C)c2)cc1OCC. The summed E-state index contributed by atoms with van der Waals surface area (Å²) < 4.78 is 11.1. The monoisotopic (exact) mass is 356 g/mol. The van der Waals surface area contributed by atoms with Gasteiger partial charge in [0.05, 0.1) is 13.2 Å². The van der Waals surface area contributed by atoms with E-state index in [0.717, 1.165) is 11.3 Å². The van der Waals surface area contributed by atoms with Gasteiger partial charge in [0.25, 0.3) is 5.91 Å². The quantitative estimate of drug-likeness (QED) is 0.786. The molecular formula is C20H24N2O4. The van der Waals surface area contributed by atoms with E-state index < -0.39 is 0 Å². The van der Waals surface area contributed by atoms with Crippen molar-refractivity contribution in [3.63, 3.8) is 0 Å². The number of nitrogens with one attached hydrogen (secondary N) is 2. The zero-order valence-corrected chi connectivity index (χ0v) is 15.5. The van der Waals surface area contributed by atoms with Crippen LogP contribution in [0.4, 0.5) is 11.4 Å². The number of benzene rings is 2. The van der Waals surface area contributed by atoms with Crippen LogP contribution in [0.3, 0.4) is 0 Å². The summed E-state index contributed by atoms with van der Waals surface area (Å²) in [5.74, 6) is 0.768. The van der Waals surface area contributed by atoms with Gasteiger partial charge in [-0.25, -0.2) is 0 Å². The standard InChI is InChI=1S/C20H24N2O4/c1-5-25-18-10-7-15(12-19(18)26-6-2)20(24)22-16-8-9-17(13(3)11-16)21-14(4)23/h7-12H,5-6H2,1-4H3,(H,21,23)(H,22,24). The molecule has 2 N–H and O–H groups in total. The Kier molecular flexibility index (Phi) is 6.60. The third kappa shape index (κ3) is 4.99. The van der Waals surface area contributed by atoms with Gasteiger partial charge < -0.3 is 20.1 Å². The number of rotatable bonds is 7. The molecule has 0 aliphatic rings. The summed E-state index contributed by atoms with van der Waals surface area (Å²) in [6, 6.07) is 10.4. The summed E-state index contributed by atoms with van der Waals surface area (Å²) in [4.78, 5) is 23.7. The lowest BCUT2D eigenvalue weighted by atomic mass is 10.1. The maximum Gasteiger partial charge on any atom is 0.255 e. The van der Waals surface area contributed by atoms with Gasteiger partial charge in [-0.1, -0.05) is 0 Å². The predicted octanol–water partition coefficient (Wildman–Crippen LogP) is 4.00. The fraction of sp³-hybridized carbons (Fsp3) is 0.300. The molecule has 0 fully saturated rings. The molecule has 2 rings (SSSR count). The van der Waals surface area contributed by atoms with E-state index in [1.807, 2.05) is 20.8 Å². The number of amides is 2. The van der Waals surface area contributed by atoms with E-state index in [1.165, 1.54) is 6.92 Å². The van der Waals surface area contributed by atoms with Crippen molar-refractivity contribution in [2.75, 3.05) is 23.8 Å². The first kappa shape index (κ1) is 19.3. The Morgan fingerprint density at radius 3 is 2.23 bits per heavy atom. The molecule has 0 saturated heterocycles. The van der Waals surface area contributed by atoms with Gasteiger partial charge in [-0.05, 0) is 62.7 Å². The number of hydrogen-bond donors (Lipinski definition) is 2. The number of hydrogen-bond acceptors (Lipinski definition) is 4. The molecule has 6 nitrogen and oxygen atoms in total. The minimum atomic E-state index is -0.249. The smallest absolute Gasteiger partial charge is 0.255 e. The number of anilines is 2. The maximum absolute atomic E-state index is 12.5. The lowest BCUT2D eigenvalue weighted by Crippen LogP contribution is -2.13. The Morgan fingerprint density at radius 2 is 1.62 bits per heavy atom. The van der Waals surface area contributed by atoms with Crippen LogP contribution in [0, 0.1) is 6.92 Å². The summed E-state index contributed by atoms with van der Waals surface area (Å²) in [5.41, 5.74) is 2.70. The van der Waals surface area contributed by atoms with Crippen LogP contribution in [0.15, 0.2) is 36.4 Å². The molecule has 0 spiro atoms. The molecule has 0 heterocycles. The molecule has 0 radical (unpaired) electrons. The third-order valence-electron chi connectivity index (χ3n) is 3.60. The van der Waals surface area contributed by atoms with E-state index >= 15 is 0 Å². The molecule has 2 amide bonds. The number of carbonyl (C=O) groups excluding carboxylic acids is 2. The van der Waals surface area contributed by atoms with Crippen LogP contribution in [-0.2, 0) is 4.79 Å². The van der Waals surface area contributed by atoms with E-state index in [1.54, 1.807) is 36.4 Å². The maximum atomic E-state index is 12.5. The van der Waals surface area contributed by atoms with Crippen LogP contribution in [-0.4, -0.2) is 25.0 Å². The van der Waals surface area contributed by atoms with Crippen molar-refractivity contribution >= 4 is 23.2 Å². The van der Waals surface area contributed by atoms with Crippen molar-refractivity contribution in [1.82, 2.24) is 0 Å². The van der Waals surface area contributed by atoms with E-state index in [4.69, 9.17) is 9.47 Å². The fourth-order valence-corrected chi connectivity index (χ4v) is 2.47. The topological polar surface area (TPSA) is 76.7 Å². The minimum absolute atomic E-state index is 0.136. The van der Waals surface area contributed by atoms with Crippen LogP contribution >= 0.6 is 0 Å². The number of aryl methyl sites for hydroxylation is 1. The molecule has 0 aliphatic carbocycles. The Hall–Kier alpha value is -3.02. The zero-order valence-electron chi connectivity index (χ0n) is 15.5. The lowest BCUT2D eigenvalue weighted by molar-refractivity contribution is -0.114. The Bertz CT molecular complexity index is 802. The van der Waals surface area contributed by atoms with Crippen molar-refractivity contribution in [1.29, 1.82) is 0 Å². The predicted molar refractivity (Wildman–Crippen MR) is 102 cm³/mol. The van der Waals surface area contributed by atoms with Gasteiger partial charge in [0.15, 0.2) is 11.5 Å². The average Bonchev–Trinajstić information content (AvgIpc) is 2.59. The van der Waals surface area contributed by atoms with Crippen molar-refractivity contribution in [2.45, 2.75) is 27.7 Å². The van der Waals surface area contributed by atoms with Gasteiger partial charge in [0, 0.05) is 23.9 Å². The molecule has 2 aromatic rings. The molecule has 0 bridgehead atoms. The second-order valence-electron chi connectivity index (χ2n) is 5.69. The van der Waals surface area contributed by atoms with Crippen molar-refractivity contribution in [3.05, 3.63) is 47.5 Å². The van der Waals surface area contributed by atoms with Gasteiger partial charge >= 0.3 is 0 Å². The molecule has 2 aromatic carbocycles. The Morgan fingerprint density at radius 1 is 0.923 bits per heavy atom. The van der Waals surface area contributed by atoms with Gasteiger partial charge in [0.1, 0.15) is 0 Å². The normalized spacial score (nSPS) is 10.2. The summed E-state index contributed by atoms with van der Waals surface area (Å²) in [5, 5.41) is 5.60. The Balaban J connectivity index is 2.17. The summed E-state index contributed by atoms with van der Waals surface area (Å²) >= 11 is 0. The molecule has 0 aromatic heterocycles. The number of ether oxygens (including phenoxy) is 2. The zero-order chi connectivity index (χ0) is 19.1. The summed E-state index contributed by atoms with van der Waals surface area (Å²) in [7, 11) is 0. The van der Waals surface area contributed by atoms with Gasteiger partial charge in [0.2, 0.25) is 5.91 Å². The Labute approximate surface area is 153 Å². The van der Waals surface area contributed by atoms with Gasteiger partial charge in [-0.2, -0.15) is 0 Å². The molecule has 0 unspecified atom stereocenters. The van der Waals surface area contributed by atoms with E-state index in [2.05, 4.69) is 10.6 Å². The molecule has 26 heavy (non-hydrogen) atoms. The third-order valence-corrected chi connectivity index (χ3v) is 3.60. The van der Waals surface area contributed by atoms with E-state index in [-0.39, 0.29) is 11.8 Å².